The second-order valence-corrected chi connectivity index (χ2v) is 8.24. The number of hydrogen-bond donors (Lipinski definition) is 2. The van der Waals surface area contributed by atoms with E-state index in [1.807, 2.05) is 36.9 Å². The molecule has 3 rings (SSSR count). The van der Waals surface area contributed by atoms with E-state index in [1.54, 1.807) is 0 Å². The van der Waals surface area contributed by atoms with Crippen molar-refractivity contribution in [1.29, 1.82) is 0 Å². The first-order valence-corrected chi connectivity index (χ1v) is 11.1. The summed E-state index contributed by atoms with van der Waals surface area (Å²) < 4.78 is 5.17. The van der Waals surface area contributed by atoms with Crippen molar-refractivity contribution < 1.29 is 24.0 Å². The van der Waals surface area contributed by atoms with Crippen molar-refractivity contribution in [2.75, 3.05) is 29.9 Å². The molecule has 1 aliphatic heterocycles. The molecule has 0 spiro atoms. The molecule has 10 heteroatoms. The number of nitro benzene ring substituents is 1. The Morgan fingerprint density at radius 1 is 1.12 bits per heavy atom. The van der Waals surface area contributed by atoms with Crippen molar-refractivity contribution in [3.63, 3.8) is 0 Å². The fourth-order valence-electron chi connectivity index (χ4n) is 3.81. The van der Waals surface area contributed by atoms with Crippen LogP contribution in [0.1, 0.15) is 41.3 Å². The number of ether oxygens (including phenoxy) is 1. The van der Waals surface area contributed by atoms with Crippen LogP contribution < -0.4 is 15.5 Å². The van der Waals surface area contributed by atoms with Crippen LogP contribution in [-0.2, 0) is 14.3 Å². The normalized spacial score (nSPS) is 13.8. The molecule has 0 aliphatic carbocycles. The van der Waals surface area contributed by atoms with Gasteiger partial charge in [-0.2, -0.15) is 0 Å². The van der Waals surface area contributed by atoms with E-state index in [9.17, 15) is 24.5 Å². The van der Waals surface area contributed by atoms with Gasteiger partial charge in [0.15, 0.2) is 6.10 Å². The number of nitro groups is 1. The number of nitrogens with one attached hydrogen (secondary N) is 2. The topological polar surface area (TPSA) is 131 Å². The highest BCUT2D eigenvalue weighted by atomic mass is 16.6. The fraction of sp³-hybridized carbons (Fsp3) is 0.375. The Bertz CT molecular complexity index is 1090. The number of esters is 1. The van der Waals surface area contributed by atoms with Crippen molar-refractivity contribution in [1.82, 2.24) is 5.32 Å². The van der Waals surface area contributed by atoms with E-state index in [1.165, 1.54) is 25.1 Å². The molecule has 180 valence electrons. The molecular weight excluding hydrogens is 440 g/mol. The van der Waals surface area contributed by atoms with Gasteiger partial charge in [0.2, 0.25) is 5.91 Å². The molecule has 2 amide bonds. The number of rotatable bonds is 8. The molecular formula is C24H28N4O6. The number of carbonyl (C=O) groups is 3. The van der Waals surface area contributed by atoms with Crippen molar-refractivity contribution in [3.8, 4) is 0 Å². The van der Waals surface area contributed by atoms with Crippen LogP contribution in [-0.4, -0.2) is 48.4 Å². The van der Waals surface area contributed by atoms with Crippen LogP contribution in [0.4, 0.5) is 17.1 Å². The molecule has 1 fully saturated rings. The molecule has 34 heavy (non-hydrogen) atoms. The van der Waals surface area contributed by atoms with Gasteiger partial charge in [0.05, 0.1) is 17.0 Å². The minimum absolute atomic E-state index is 0.0259. The summed E-state index contributed by atoms with van der Waals surface area (Å²) in [5.74, 6) is -1.94. The predicted octanol–water partition coefficient (Wildman–Crippen LogP) is 3.11. The number of amides is 2. The van der Waals surface area contributed by atoms with Crippen molar-refractivity contribution >= 4 is 34.8 Å². The monoisotopic (exact) mass is 468 g/mol. The number of nitrogens with zero attached hydrogens (tertiary/aromatic N) is 2. The molecule has 10 nitrogen and oxygen atoms in total. The maximum Gasteiger partial charge on any atom is 0.339 e. The zero-order valence-corrected chi connectivity index (χ0v) is 19.4. The molecule has 1 aliphatic rings. The number of para-hydroxylation sites is 1. The number of anilines is 2. The lowest BCUT2D eigenvalue weighted by Crippen LogP contribution is -2.40. The molecule has 0 aromatic heterocycles. The zero-order valence-electron chi connectivity index (χ0n) is 19.4. The first-order valence-electron chi connectivity index (χ1n) is 11.1. The van der Waals surface area contributed by atoms with E-state index >= 15 is 0 Å². The van der Waals surface area contributed by atoms with Crippen molar-refractivity contribution in [3.05, 3.63) is 63.2 Å². The number of aryl methyl sites for hydroxylation is 2. The standard InChI is InChI=1S/C24H28N4O6/c1-15-7-6-8-16(2)22(15)26-21(29)14-25-23(30)17(3)34-24(31)18-9-10-19(20(13-18)28(32)33)27-11-4-5-12-27/h6-10,13,17H,4-5,11-12,14H2,1-3H3,(H,25,30)(H,26,29)/t17-/m1/s1. The molecule has 0 unspecified atom stereocenters. The van der Waals surface area contributed by atoms with E-state index in [2.05, 4.69) is 10.6 Å². The first-order chi connectivity index (χ1) is 16.2. The van der Waals surface area contributed by atoms with E-state index < -0.39 is 28.8 Å². The Hall–Kier alpha value is -3.95. The second-order valence-electron chi connectivity index (χ2n) is 8.24. The summed E-state index contributed by atoms with van der Waals surface area (Å²) in [4.78, 5) is 50.0. The summed E-state index contributed by atoms with van der Waals surface area (Å²) in [5, 5.41) is 16.7. The molecule has 1 atom stereocenters. The Kier molecular flexibility index (Phi) is 7.83. The van der Waals surface area contributed by atoms with Crippen LogP contribution in [0.3, 0.4) is 0 Å². The minimum atomic E-state index is -1.20. The second kappa shape index (κ2) is 10.8. The van der Waals surface area contributed by atoms with Crippen LogP contribution in [0.2, 0.25) is 0 Å². The van der Waals surface area contributed by atoms with Gasteiger partial charge < -0.3 is 20.3 Å². The molecule has 2 aromatic rings. The highest BCUT2D eigenvalue weighted by Gasteiger charge is 2.26. The maximum absolute atomic E-state index is 12.5. The summed E-state index contributed by atoms with van der Waals surface area (Å²) in [7, 11) is 0. The van der Waals surface area contributed by atoms with Gasteiger partial charge in [-0.25, -0.2) is 4.79 Å². The highest BCUT2D eigenvalue weighted by Crippen LogP contribution is 2.32. The van der Waals surface area contributed by atoms with E-state index in [-0.39, 0.29) is 17.8 Å². The first kappa shape index (κ1) is 24.7. The zero-order chi connectivity index (χ0) is 24.8. The largest absolute Gasteiger partial charge is 0.449 e. The molecule has 1 heterocycles. The van der Waals surface area contributed by atoms with Gasteiger partial charge in [-0.1, -0.05) is 18.2 Å². The average Bonchev–Trinajstić information content (AvgIpc) is 3.34. The van der Waals surface area contributed by atoms with Gasteiger partial charge in [-0.15, -0.1) is 0 Å². The van der Waals surface area contributed by atoms with Gasteiger partial charge >= 0.3 is 5.97 Å². The highest BCUT2D eigenvalue weighted by molar-refractivity contribution is 5.97. The van der Waals surface area contributed by atoms with Gasteiger partial charge in [-0.3, -0.25) is 19.7 Å². The molecule has 0 bridgehead atoms. The Morgan fingerprint density at radius 2 is 1.76 bits per heavy atom. The van der Waals surface area contributed by atoms with E-state index in [4.69, 9.17) is 4.74 Å². The van der Waals surface area contributed by atoms with Crippen LogP contribution in [0.5, 0.6) is 0 Å². The van der Waals surface area contributed by atoms with Gasteiger partial charge in [0.1, 0.15) is 5.69 Å². The Labute approximate surface area is 197 Å². The van der Waals surface area contributed by atoms with E-state index in [0.717, 1.165) is 37.1 Å². The summed E-state index contributed by atoms with van der Waals surface area (Å²) in [5.41, 5.74) is 2.72. The lowest BCUT2D eigenvalue weighted by atomic mass is 10.1. The lowest BCUT2D eigenvalue weighted by Gasteiger charge is -2.18. The third-order valence-electron chi connectivity index (χ3n) is 5.68. The fourth-order valence-corrected chi connectivity index (χ4v) is 3.81. The van der Waals surface area contributed by atoms with Crippen LogP contribution >= 0.6 is 0 Å². The van der Waals surface area contributed by atoms with Crippen molar-refractivity contribution in [2.24, 2.45) is 0 Å². The number of benzene rings is 2. The van der Waals surface area contributed by atoms with Gasteiger partial charge in [0, 0.05) is 24.8 Å². The molecule has 1 saturated heterocycles. The SMILES string of the molecule is Cc1cccc(C)c1NC(=O)CNC(=O)[C@@H](C)OC(=O)c1ccc(N2CCCC2)c([N+](=O)[O-])c1. The summed E-state index contributed by atoms with van der Waals surface area (Å²) in [6.45, 7) is 6.24. The van der Waals surface area contributed by atoms with Crippen LogP contribution in [0.25, 0.3) is 0 Å². The third-order valence-corrected chi connectivity index (χ3v) is 5.68. The Morgan fingerprint density at radius 3 is 2.38 bits per heavy atom. The summed E-state index contributed by atoms with van der Waals surface area (Å²) in [6, 6.07) is 9.76. The Balaban J connectivity index is 1.57. The molecule has 0 saturated carbocycles. The van der Waals surface area contributed by atoms with Crippen LogP contribution in [0.15, 0.2) is 36.4 Å². The van der Waals surface area contributed by atoms with E-state index in [0.29, 0.717) is 11.4 Å². The van der Waals surface area contributed by atoms with Gasteiger partial charge in [0.25, 0.3) is 11.6 Å². The number of hydrogen-bond acceptors (Lipinski definition) is 7. The van der Waals surface area contributed by atoms with Crippen molar-refractivity contribution in [2.45, 2.75) is 39.7 Å². The summed E-state index contributed by atoms with van der Waals surface area (Å²) in [6.07, 6.45) is 0.713. The lowest BCUT2D eigenvalue weighted by molar-refractivity contribution is -0.384. The molecule has 2 aromatic carbocycles. The molecule has 0 radical (unpaired) electrons. The van der Waals surface area contributed by atoms with Gasteiger partial charge in [-0.05, 0) is 56.9 Å². The smallest absolute Gasteiger partial charge is 0.339 e. The summed E-state index contributed by atoms with van der Waals surface area (Å²) >= 11 is 0. The minimum Gasteiger partial charge on any atom is -0.449 e. The predicted molar refractivity (Wildman–Crippen MR) is 127 cm³/mol. The maximum atomic E-state index is 12.5. The number of carbonyl (C=O) groups excluding carboxylic acids is 3. The third kappa shape index (κ3) is 5.89. The average molecular weight is 469 g/mol. The van der Waals surface area contributed by atoms with Crippen LogP contribution in [0, 0.1) is 24.0 Å². The quantitative estimate of drug-likeness (QED) is 0.346. The molecule has 2 N–H and O–H groups in total.